The van der Waals surface area contributed by atoms with Gasteiger partial charge in [0.2, 0.25) is 0 Å². The number of rotatable bonds is 6. The van der Waals surface area contributed by atoms with Gasteiger partial charge >= 0.3 is 0 Å². The molecule has 0 bridgehead atoms. The molecule has 0 saturated carbocycles. The van der Waals surface area contributed by atoms with Gasteiger partial charge in [0.05, 0.1) is 11.6 Å². The Balaban J connectivity index is 1.33. The lowest BCUT2D eigenvalue weighted by atomic mass is 9.93. The largest absolute Gasteiger partial charge is 0.282 e. The standard InChI is InChI=1S/C40H28N4/c1-43-40(44-39(42)32-20-18-31(19-21-32)33-15-8-10-28(22-33)27-41)35-17-9-16-34(23-35)38-25-36(29-11-4-2-5-12-29)24-37(26-38)30-13-6-3-7-14-30/h2-26,42H,1H2/b42-39?,44-40-. The van der Waals surface area contributed by atoms with Crippen molar-refractivity contribution in [3.05, 3.63) is 168 Å². The number of benzene rings is 6. The quantitative estimate of drug-likeness (QED) is 0.159. The van der Waals surface area contributed by atoms with Gasteiger partial charge in [-0.3, -0.25) is 5.41 Å². The smallest absolute Gasteiger partial charge is 0.161 e. The first-order chi connectivity index (χ1) is 21.6. The van der Waals surface area contributed by atoms with Crippen molar-refractivity contribution in [2.24, 2.45) is 9.98 Å². The van der Waals surface area contributed by atoms with E-state index >= 15 is 0 Å². The van der Waals surface area contributed by atoms with Crippen molar-refractivity contribution in [1.29, 1.82) is 10.7 Å². The van der Waals surface area contributed by atoms with Crippen LogP contribution in [0.4, 0.5) is 0 Å². The van der Waals surface area contributed by atoms with Crippen LogP contribution in [0.3, 0.4) is 0 Å². The molecule has 0 spiro atoms. The van der Waals surface area contributed by atoms with Gasteiger partial charge in [-0.25, -0.2) is 9.98 Å². The maximum Gasteiger partial charge on any atom is 0.161 e. The normalized spacial score (nSPS) is 11.0. The van der Waals surface area contributed by atoms with Gasteiger partial charge in [-0.1, -0.05) is 115 Å². The minimum atomic E-state index is 0.0903. The predicted molar refractivity (Wildman–Crippen MR) is 182 cm³/mol. The summed E-state index contributed by atoms with van der Waals surface area (Å²) < 4.78 is 0. The van der Waals surface area contributed by atoms with Crippen molar-refractivity contribution < 1.29 is 0 Å². The van der Waals surface area contributed by atoms with E-state index in [1.165, 1.54) is 0 Å². The number of nitriles is 1. The molecule has 0 radical (unpaired) electrons. The minimum Gasteiger partial charge on any atom is -0.282 e. The molecule has 0 unspecified atom stereocenters. The number of hydrogen-bond donors (Lipinski definition) is 1. The van der Waals surface area contributed by atoms with E-state index in [1.807, 2.05) is 72.8 Å². The zero-order valence-electron chi connectivity index (χ0n) is 24.0. The van der Waals surface area contributed by atoms with Crippen molar-refractivity contribution in [2.75, 3.05) is 0 Å². The molecule has 0 amide bonds. The zero-order valence-corrected chi connectivity index (χ0v) is 24.0. The number of aliphatic imine (C=N–C) groups is 2. The summed E-state index contributed by atoms with van der Waals surface area (Å²) in [4.78, 5) is 8.76. The van der Waals surface area contributed by atoms with Gasteiger partial charge in [0.25, 0.3) is 0 Å². The molecule has 44 heavy (non-hydrogen) atoms. The summed E-state index contributed by atoms with van der Waals surface area (Å²) in [7, 11) is 0. The van der Waals surface area contributed by atoms with Crippen LogP contribution in [0.15, 0.2) is 162 Å². The fourth-order valence-corrected chi connectivity index (χ4v) is 5.18. The van der Waals surface area contributed by atoms with Gasteiger partial charge in [0, 0.05) is 11.1 Å². The Morgan fingerprint density at radius 1 is 0.500 bits per heavy atom. The second-order valence-corrected chi connectivity index (χ2v) is 10.3. The van der Waals surface area contributed by atoms with Crippen LogP contribution in [0.25, 0.3) is 44.5 Å². The molecule has 0 aliphatic rings. The molecule has 1 N–H and O–H groups in total. The fourth-order valence-electron chi connectivity index (χ4n) is 5.18. The lowest BCUT2D eigenvalue weighted by molar-refractivity contribution is 1.40. The average molecular weight is 565 g/mol. The number of amidine groups is 2. The SMILES string of the molecule is C=N/C(=N\C(=N)c1ccc(-c2cccc(C#N)c2)cc1)c1cccc(-c2cc(-c3ccccc3)cc(-c3ccccc3)c2)c1. The monoisotopic (exact) mass is 564 g/mol. The highest BCUT2D eigenvalue weighted by atomic mass is 14.9. The maximum absolute atomic E-state index is 9.22. The third-order valence-electron chi connectivity index (χ3n) is 7.45. The summed E-state index contributed by atoms with van der Waals surface area (Å²) in [5.41, 5.74) is 10.6. The first kappa shape index (κ1) is 28.0. The Bertz CT molecular complexity index is 1980. The zero-order chi connectivity index (χ0) is 30.3. The molecule has 0 atom stereocenters. The Morgan fingerprint density at radius 3 is 1.57 bits per heavy atom. The van der Waals surface area contributed by atoms with E-state index in [-0.39, 0.29) is 5.84 Å². The van der Waals surface area contributed by atoms with Crippen LogP contribution in [0.1, 0.15) is 16.7 Å². The molecular formula is C40H28N4. The van der Waals surface area contributed by atoms with E-state index in [2.05, 4.69) is 95.6 Å². The first-order valence-corrected chi connectivity index (χ1v) is 14.2. The van der Waals surface area contributed by atoms with Gasteiger partial charge in [0.1, 0.15) is 0 Å². The van der Waals surface area contributed by atoms with E-state index in [9.17, 15) is 5.26 Å². The molecule has 6 aromatic carbocycles. The lowest BCUT2D eigenvalue weighted by Crippen LogP contribution is -2.04. The van der Waals surface area contributed by atoms with Gasteiger partial charge in [-0.2, -0.15) is 5.26 Å². The Morgan fingerprint density at radius 2 is 1.00 bits per heavy atom. The van der Waals surface area contributed by atoms with Crippen molar-refractivity contribution in [3.63, 3.8) is 0 Å². The Kier molecular flexibility index (Phi) is 8.12. The molecule has 208 valence electrons. The molecule has 0 aromatic heterocycles. The van der Waals surface area contributed by atoms with E-state index in [0.717, 1.165) is 50.1 Å². The molecule has 0 fully saturated rings. The topological polar surface area (TPSA) is 72.4 Å². The third kappa shape index (κ3) is 6.18. The average Bonchev–Trinajstić information content (AvgIpc) is 3.11. The van der Waals surface area contributed by atoms with Crippen molar-refractivity contribution in [1.82, 2.24) is 0 Å². The first-order valence-electron chi connectivity index (χ1n) is 14.2. The molecule has 0 heterocycles. The lowest BCUT2D eigenvalue weighted by Gasteiger charge is -2.12. The second kappa shape index (κ2) is 12.8. The molecular weight excluding hydrogens is 536 g/mol. The molecule has 6 aromatic rings. The minimum absolute atomic E-state index is 0.0903. The van der Waals surface area contributed by atoms with Gasteiger partial charge in [-0.15, -0.1) is 0 Å². The summed E-state index contributed by atoms with van der Waals surface area (Å²) >= 11 is 0. The van der Waals surface area contributed by atoms with Crippen molar-refractivity contribution in [2.45, 2.75) is 0 Å². The highest BCUT2D eigenvalue weighted by Crippen LogP contribution is 2.33. The van der Waals surface area contributed by atoms with Crippen LogP contribution in [0, 0.1) is 16.7 Å². The fraction of sp³-hybridized carbons (Fsp3) is 0. The summed E-state index contributed by atoms with van der Waals surface area (Å²) in [5, 5.41) is 17.9. The van der Waals surface area contributed by atoms with Crippen molar-refractivity contribution >= 4 is 18.4 Å². The van der Waals surface area contributed by atoms with E-state index < -0.39 is 0 Å². The van der Waals surface area contributed by atoms with Crippen LogP contribution in [0.2, 0.25) is 0 Å². The molecule has 0 aliphatic carbocycles. The van der Waals surface area contributed by atoms with E-state index in [1.54, 1.807) is 6.07 Å². The summed E-state index contributed by atoms with van der Waals surface area (Å²) in [5.74, 6) is 0.470. The number of hydrogen-bond acceptors (Lipinski definition) is 2. The molecule has 4 nitrogen and oxygen atoms in total. The van der Waals surface area contributed by atoms with Crippen LogP contribution < -0.4 is 0 Å². The third-order valence-corrected chi connectivity index (χ3v) is 7.45. The molecule has 0 aliphatic heterocycles. The van der Waals surface area contributed by atoms with Crippen LogP contribution in [-0.2, 0) is 0 Å². The Labute approximate surface area is 257 Å². The van der Waals surface area contributed by atoms with Crippen LogP contribution in [0.5, 0.6) is 0 Å². The highest BCUT2D eigenvalue weighted by Gasteiger charge is 2.11. The maximum atomic E-state index is 9.22. The van der Waals surface area contributed by atoms with E-state index in [4.69, 9.17) is 5.41 Å². The van der Waals surface area contributed by atoms with Crippen LogP contribution in [-0.4, -0.2) is 18.4 Å². The predicted octanol–water partition coefficient (Wildman–Crippen LogP) is 9.70. The molecule has 4 heteroatoms. The Hall–Kier alpha value is -6.18. The van der Waals surface area contributed by atoms with Gasteiger partial charge < -0.3 is 0 Å². The molecule has 0 saturated heterocycles. The van der Waals surface area contributed by atoms with Gasteiger partial charge in [-0.05, 0) is 87.6 Å². The summed E-state index contributed by atoms with van der Waals surface area (Å²) in [6.07, 6.45) is 0. The summed E-state index contributed by atoms with van der Waals surface area (Å²) in [6.45, 7) is 3.76. The van der Waals surface area contributed by atoms with E-state index in [0.29, 0.717) is 17.0 Å². The number of nitrogens with zero attached hydrogens (tertiary/aromatic N) is 3. The summed E-state index contributed by atoms with van der Waals surface area (Å²) in [6, 6.07) is 52.7. The molecule has 6 rings (SSSR count). The van der Waals surface area contributed by atoms with Crippen LogP contribution >= 0.6 is 0 Å². The number of nitrogens with one attached hydrogen (secondary N) is 1. The van der Waals surface area contributed by atoms with Crippen molar-refractivity contribution in [3.8, 4) is 50.6 Å². The van der Waals surface area contributed by atoms with Gasteiger partial charge in [0.15, 0.2) is 11.7 Å². The second-order valence-electron chi connectivity index (χ2n) is 10.3. The highest BCUT2D eigenvalue weighted by molar-refractivity contribution is 6.12.